The monoisotopic (exact) mass is 319 g/mol. The molecule has 0 bridgehead atoms. The van der Waals surface area contributed by atoms with Gasteiger partial charge in [0.05, 0.1) is 0 Å². The first kappa shape index (κ1) is 15.3. The highest BCUT2D eigenvalue weighted by Gasteiger charge is 2.31. The first-order valence-electron chi connectivity index (χ1n) is 8.77. The Balaban J connectivity index is 1.78. The molecule has 4 rings (SSSR count). The van der Waals surface area contributed by atoms with Crippen molar-refractivity contribution in [2.45, 2.75) is 32.2 Å². The fourth-order valence-electron chi connectivity index (χ4n) is 4.07. The summed E-state index contributed by atoms with van der Waals surface area (Å²) < 4.78 is 0. The number of hydrogen-bond donors (Lipinski definition) is 0. The van der Waals surface area contributed by atoms with Gasteiger partial charge in [-0.1, -0.05) is 43.7 Å². The van der Waals surface area contributed by atoms with Crippen LogP contribution in [0.4, 0.5) is 0 Å². The number of fused-ring (bicyclic) bond motifs is 2. The highest BCUT2D eigenvalue weighted by atomic mass is 16.1. The fourth-order valence-corrected chi connectivity index (χ4v) is 4.07. The number of piperidine rings is 1. The highest BCUT2D eigenvalue weighted by molar-refractivity contribution is 6.28. The quantitative estimate of drug-likeness (QED) is 0.716. The molecule has 2 aliphatic rings. The van der Waals surface area contributed by atoms with Gasteiger partial charge < -0.3 is 0 Å². The fraction of sp³-hybridized carbons (Fsp3) is 0.333. The van der Waals surface area contributed by atoms with Gasteiger partial charge in [0.15, 0.2) is 11.6 Å². The number of nitrogens with zero attached hydrogens (tertiary/aromatic N) is 1. The van der Waals surface area contributed by atoms with Crippen LogP contribution in [-0.2, 0) is 0 Å². The number of hydrogen-bond acceptors (Lipinski definition) is 3. The smallest absolute Gasteiger partial charge is 0.194 e. The Morgan fingerprint density at radius 3 is 2.29 bits per heavy atom. The van der Waals surface area contributed by atoms with Crippen molar-refractivity contribution in [3.05, 3.63) is 70.3 Å². The van der Waals surface area contributed by atoms with Gasteiger partial charge in [0, 0.05) is 28.3 Å². The Labute approximate surface area is 142 Å². The van der Waals surface area contributed by atoms with Crippen LogP contribution >= 0.6 is 0 Å². The van der Waals surface area contributed by atoms with Crippen molar-refractivity contribution < 1.29 is 9.59 Å². The largest absolute Gasteiger partial charge is 0.297 e. The molecule has 3 nitrogen and oxygen atoms in total. The number of benzene rings is 2. The summed E-state index contributed by atoms with van der Waals surface area (Å²) in [5.74, 6) is -0.0661. The van der Waals surface area contributed by atoms with Crippen molar-refractivity contribution in [2.24, 2.45) is 0 Å². The van der Waals surface area contributed by atoms with E-state index >= 15 is 0 Å². The highest BCUT2D eigenvalue weighted by Crippen LogP contribution is 2.34. The van der Waals surface area contributed by atoms with E-state index in [0.717, 1.165) is 25.1 Å². The molecule has 0 aromatic heterocycles. The molecule has 1 unspecified atom stereocenters. The van der Waals surface area contributed by atoms with Gasteiger partial charge in [0.1, 0.15) is 0 Å². The second-order valence-electron chi connectivity index (χ2n) is 6.65. The Morgan fingerprint density at radius 2 is 1.58 bits per heavy atom. The maximum absolute atomic E-state index is 12.9. The van der Waals surface area contributed by atoms with Crippen LogP contribution in [0.1, 0.15) is 69.6 Å². The van der Waals surface area contributed by atoms with E-state index < -0.39 is 0 Å². The first-order valence-corrected chi connectivity index (χ1v) is 8.77. The third-order valence-electron chi connectivity index (χ3n) is 5.35. The van der Waals surface area contributed by atoms with Gasteiger partial charge in [-0.3, -0.25) is 14.5 Å². The normalized spacial score (nSPS) is 20.6. The molecule has 0 spiro atoms. The molecule has 3 heteroatoms. The van der Waals surface area contributed by atoms with Crippen LogP contribution in [0.2, 0.25) is 0 Å². The predicted molar refractivity (Wildman–Crippen MR) is 93.6 cm³/mol. The van der Waals surface area contributed by atoms with Crippen molar-refractivity contribution in [1.29, 1.82) is 0 Å². The minimum Gasteiger partial charge on any atom is -0.297 e. The van der Waals surface area contributed by atoms with Crippen LogP contribution < -0.4 is 0 Å². The standard InChI is InChI=1S/C21H21NO2/c1-2-22-12-6-5-9-19(22)14-10-11-17-18(13-14)21(24)16-8-4-3-7-15(16)20(17)23/h3-4,7-8,10-11,13,19H,2,5-6,9,12H2,1H3. The zero-order valence-electron chi connectivity index (χ0n) is 13.9. The summed E-state index contributed by atoms with van der Waals surface area (Å²) in [6.07, 6.45) is 3.57. The van der Waals surface area contributed by atoms with Crippen LogP contribution in [0.3, 0.4) is 0 Å². The number of carbonyl (C=O) groups excluding carboxylic acids is 2. The van der Waals surface area contributed by atoms with Crippen molar-refractivity contribution in [2.75, 3.05) is 13.1 Å². The molecule has 24 heavy (non-hydrogen) atoms. The Bertz CT molecular complexity index is 824. The predicted octanol–water partition coefficient (Wildman–Crippen LogP) is 4.01. The SMILES string of the molecule is CCN1CCCCC1c1ccc2c(c1)C(=O)c1ccccc1C2=O. The van der Waals surface area contributed by atoms with E-state index in [1.807, 2.05) is 30.3 Å². The summed E-state index contributed by atoms with van der Waals surface area (Å²) in [7, 11) is 0. The second kappa shape index (κ2) is 5.99. The molecule has 0 N–H and O–H groups in total. The molecule has 2 aromatic rings. The van der Waals surface area contributed by atoms with Crippen molar-refractivity contribution in [3.63, 3.8) is 0 Å². The van der Waals surface area contributed by atoms with Gasteiger partial charge in [-0.05, 0) is 43.6 Å². The van der Waals surface area contributed by atoms with Gasteiger partial charge in [-0.15, -0.1) is 0 Å². The zero-order chi connectivity index (χ0) is 16.7. The van der Waals surface area contributed by atoms with E-state index in [0.29, 0.717) is 28.3 Å². The van der Waals surface area contributed by atoms with Crippen LogP contribution in [0.5, 0.6) is 0 Å². The summed E-state index contributed by atoms with van der Waals surface area (Å²) in [5.41, 5.74) is 3.33. The molecule has 1 aliphatic carbocycles. The lowest BCUT2D eigenvalue weighted by Gasteiger charge is -2.35. The van der Waals surface area contributed by atoms with Crippen LogP contribution in [0.25, 0.3) is 0 Å². The first-order chi connectivity index (χ1) is 11.7. The summed E-state index contributed by atoms with van der Waals surface area (Å²) in [5, 5.41) is 0. The molecule has 1 fully saturated rings. The minimum atomic E-state index is -0.0391. The number of ketones is 2. The second-order valence-corrected chi connectivity index (χ2v) is 6.65. The molecule has 1 heterocycles. The Morgan fingerprint density at radius 1 is 0.917 bits per heavy atom. The van der Waals surface area contributed by atoms with Crippen LogP contribution in [0, 0.1) is 0 Å². The van der Waals surface area contributed by atoms with Crippen molar-refractivity contribution in [1.82, 2.24) is 4.90 Å². The molecule has 1 aliphatic heterocycles. The zero-order valence-corrected chi connectivity index (χ0v) is 13.9. The average Bonchev–Trinajstić information content (AvgIpc) is 2.65. The van der Waals surface area contributed by atoms with E-state index in [4.69, 9.17) is 0 Å². The van der Waals surface area contributed by atoms with Gasteiger partial charge in [-0.25, -0.2) is 0 Å². The Hall–Kier alpha value is -2.26. The molecule has 1 atom stereocenters. The van der Waals surface area contributed by atoms with E-state index in [1.54, 1.807) is 12.1 Å². The summed E-state index contributed by atoms with van der Waals surface area (Å²) >= 11 is 0. The summed E-state index contributed by atoms with van der Waals surface area (Å²) in [6, 6.07) is 13.3. The lowest BCUT2D eigenvalue weighted by Crippen LogP contribution is -2.33. The van der Waals surface area contributed by atoms with Gasteiger partial charge in [0.25, 0.3) is 0 Å². The number of carbonyl (C=O) groups is 2. The lowest BCUT2D eigenvalue weighted by atomic mass is 9.82. The van der Waals surface area contributed by atoms with Gasteiger partial charge in [-0.2, -0.15) is 0 Å². The third-order valence-corrected chi connectivity index (χ3v) is 5.35. The van der Waals surface area contributed by atoms with Crippen molar-refractivity contribution in [3.8, 4) is 0 Å². The molecule has 0 saturated carbocycles. The van der Waals surface area contributed by atoms with E-state index in [1.165, 1.54) is 12.8 Å². The van der Waals surface area contributed by atoms with Gasteiger partial charge >= 0.3 is 0 Å². The van der Waals surface area contributed by atoms with E-state index in [9.17, 15) is 9.59 Å². The van der Waals surface area contributed by atoms with Gasteiger partial charge in [0.2, 0.25) is 0 Å². The van der Waals surface area contributed by atoms with E-state index in [-0.39, 0.29) is 11.6 Å². The maximum atomic E-state index is 12.9. The molecular weight excluding hydrogens is 298 g/mol. The number of likely N-dealkylation sites (tertiary alicyclic amines) is 1. The lowest BCUT2D eigenvalue weighted by molar-refractivity contribution is 0.0978. The van der Waals surface area contributed by atoms with Crippen LogP contribution in [-0.4, -0.2) is 29.6 Å². The molecule has 0 radical (unpaired) electrons. The Kier molecular flexibility index (Phi) is 3.81. The topological polar surface area (TPSA) is 37.4 Å². The molecule has 0 amide bonds. The summed E-state index contributed by atoms with van der Waals surface area (Å²) in [6.45, 7) is 4.30. The molecular formula is C21H21NO2. The maximum Gasteiger partial charge on any atom is 0.194 e. The molecule has 1 saturated heterocycles. The third kappa shape index (κ3) is 2.31. The number of rotatable bonds is 2. The molecule has 122 valence electrons. The van der Waals surface area contributed by atoms with E-state index in [2.05, 4.69) is 11.8 Å². The minimum absolute atomic E-state index is 0.0269. The molecule has 2 aromatic carbocycles. The average molecular weight is 319 g/mol. The summed E-state index contributed by atoms with van der Waals surface area (Å²) in [4.78, 5) is 28.0. The van der Waals surface area contributed by atoms with Crippen molar-refractivity contribution >= 4 is 11.6 Å². The van der Waals surface area contributed by atoms with Crippen LogP contribution in [0.15, 0.2) is 42.5 Å².